The molecule has 0 bridgehead atoms. The van der Waals surface area contributed by atoms with Gasteiger partial charge in [0.25, 0.3) is 10.2 Å². The Labute approximate surface area is 67.0 Å². The molecule has 0 unspecified atom stereocenters. The summed E-state index contributed by atoms with van der Waals surface area (Å²) in [5, 5.41) is 14.0. The molecule has 0 radical (unpaired) electrons. The molecular formula is C5H14N2O3S. The molecular weight excluding hydrogens is 168 g/mol. The van der Waals surface area contributed by atoms with E-state index in [1.807, 2.05) is 0 Å². The monoisotopic (exact) mass is 182 g/mol. The molecule has 0 aliphatic heterocycles. The van der Waals surface area contributed by atoms with E-state index in [-0.39, 0.29) is 6.54 Å². The van der Waals surface area contributed by atoms with E-state index in [0.29, 0.717) is 0 Å². The minimum Gasteiger partial charge on any atom is -0.389 e. The summed E-state index contributed by atoms with van der Waals surface area (Å²) in [5.41, 5.74) is -1.05. The predicted molar refractivity (Wildman–Crippen MR) is 42.0 cm³/mol. The standard InChI is InChI=1S/C5H14N2O3S/c1-5(2,8)4-7(3)11(6,9)10/h8H,4H2,1-3H3,(H2,6,9,10). The number of rotatable bonds is 3. The van der Waals surface area contributed by atoms with E-state index in [1.54, 1.807) is 0 Å². The fraction of sp³-hybridized carbons (Fsp3) is 1.00. The van der Waals surface area contributed by atoms with E-state index < -0.39 is 15.8 Å². The van der Waals surface area contributed by atoms with E-state index in [1.165, 1.54) is 20.9 Å². The molecule has 0 spiro atoms. The largest absolute Gasteiger partial charge is 0.389 e. The van der Waals surface area contributed by atoms with Crippen LogP contribution in [0.3, 0.4) is 0 Å². The number of nitrogens with zero attached hydrogens (tertiary/aromatic N) is 1. The smallest absolute Gasteiger partial charge is 0.276 e. The van der Waals surface area contributed by atoms with Crippen molar-refractivity contribution in [1.29, 1.82) is 0 Å². The molecule has 0 heterocycles. The fourth-order valence-corrected chi connectivity index (χ4v) is 1.13. The first kappa shape index (κ1) is 10.8. The van der Waals surface area contributed by atoms with Crippen LogP contribution in [-0.2, 0) is 10.2 Å². The average Bonchev–Trinajstić information content (AvgIpc) is 1.56. The summed E-state index contributed by atoms with van der Waals surface area (Å²) in [5.74, 6) is 0. The van der Waals surface area contributed by atoms with Gasteiger partial charge in [-0.3, -0.25) is 0 Å². The van der Waals surface area contributed by atoms with Gasteiger partial charge in [-0.1, -0.05) is 0 Å². The second-order valence-electron chi connectivity index (χ2n) is 3.11. The average molecular weight is 182 g/mol. The van der Waals surface area contributed by atoms with Crippen LogP contribution >= 0.6 is 0 Å². The molecule has 5 nitrogen and oxygen atoms in total. The highest BCUT2D eigenvalue weighted by Crippen LogP contribution is 2.04. The Morgan fingerprint density at radius 2 is 1.91 bits per heavy atom. The van der Waals surface area contributed by atoms with E-state index in [0.717, 1.165) is 4.31 Å². The minimum absolute atomic E-state index is 0.00810. The van der Waals surface area contributed by atoms with Crippen LogP contribution in [0.2, 0.25) is 0 Å². The zero-order valence-corrected chi connectivity index (χ0v) is 7.72. The highest BCUT2D eigenvalue weighted by Gasteiger charge is 2.21. The molecule has 0 amide bonds. The van der Waals surface area contributed by atoms with Gasteiger partial charge in [-0.15, -0.1) is 0 Å². The highest BCUT2D eigenvalue weighted by molar-refractivity contribution is 7.86. The second-order valence-corrected chi connectivity index (χ2v) is 4.77. The molecule has 0 aromatic rings. The summed E-state index contributed by atoms with van der Waals surface area (Å²) in [7, 11) is -2.35. The van der Waals surface area contributed by atoms with Crippen LogP contribution in [0.15, 0.2) is 0 Å². The van der Waals surface area contributed by atoms with Gasteiger partial charge in [0.15, 0.2) is 0 Å². The van der Waals surface area contributed by atoms with Gasteiger partial charge in [-0.25, -0.2) is 5.14 Å². The summed E-state index contributed by atoms with van der Waals surface area (Å²) in [4.78, 5) is 0. The Morgan fingerprint density at radius 3 is 2.00 bits per heavy atom. The van der Waals surface area contributed by atoms with Gasteiger partial charge in [-0.05, 0) is 13.8 Å². The van der Waals surface area contributed by atoms with Gasteiger partial charge in [0.1, 0.15) is 0 Å². The second kappa shape index (κ2) is 3.06. The van der Waals surface area contributed by atoms with Gasteiger partial charge >= 0.3 is 0 Å². The van der Waals surface area contributed by atoms with Gasteiger partial charge < -0.3 is 5.11 Å². The number of hydrogen-bond acceptors (Lipinski definition) is 3. The summed E-state index contributed by atoms with van der Waals surface area (Å²) in [6, 6.07) is 0. The van der Waals surface area contributed by atoms with Crippen molar-refractivity contribution in [3.05, 3.63) is 0 Å². The Balaban J connectivity index is 4.22. The van der Waals surface area contributed by atoms with Crippen LogP contribution < -0.4 is 5.14 Å². The molecule has 0 saturated heterocycles. The zero-order chi connectivity index (χ0) is 9.28. The molecule has 6 heteroatoms. The molecule has 0 atom stereocenters. The third kappa shape index (κ3) is 5.14. The molecule has 0 saturated carbocycles. The lowest BCUT2D eigenvalue weighted by Gasteiger charge is -2.22. The van der Waals surface area contributed by atoms with E-state index in [9.17, 15) is 13.5 Å². The molecule has 0 aliphatic rings. The Bertz CT molecular complexity index is 216. The lowest BCUT2D eigenvalue weighted by Crippen LogP contribution is -2.42. The van der Waals surface area contributed by atoms with E-state index in [2.05, 4.69) is 0 Å². The number of nitrogens with two attached hydrogens (primary N) is 1. The van der Waals surface area contributed by atoms with Crippen molar-refractivity contribution in [3.8, 4) is 0 Å². The first-order chi connectivity index (χ1) is 4.63. The van der Waals surface area contributed by atoms with Crippen molar-refractivity contribution in [2.24, 2.45) is 5.14 Å². The van der Waals surface area contributed by atoms with Crippen LogP contribution in [0.4, 0.5) is 0 Å². The van der Waals surface area contributed by atoms with Crippen molar-refractivity contribution < 1.29 is 13.5 Å². The Hall–Kier alpha value is -0.170. The number of likely N-dealkylation sites (N-methyl/N-ethyl adjacent to an activating group) is 1. The molecule has 0 aromatic heterocycles. The molecule has 0 aliphatic carbocycles. The molecule has 3 N–H and O–H groups in total. The van der Waals surface area contributed by atoms with Crippen LogP contribution in [0, 0.1) is 0 Å². The topological polar surface area (TPSA) is 83.6 Å². The van der Waals surface area contributed by atoms with Crippen LogP contribution in [0.5, 0.6) is 0 Å². The summed E-state index contributed by atoms with van der Waals surface area (Å²) >= 11 is 0. The van der Waals surface area contributed by atoms with E-state index >= 15 is 0 Å². The summed E-state index contributed by atoms with van der Waals surface area (Å²) in [6.07, 6.45) is 0. The summed E-state index contributed by atoms with van der Waals surface area (Å²) < 4.78 is 22.1. The van der Waals surface area contributed by atoms with Crippen molar-refractivity contribution >= 4 is 10.2 Å². The third-order valence-electron chi connectivity index (χ3n) is 1.04. The van der Waals surface area contributed by atoms with Gasteiger partial charge in [-0.2, -0.15) is 12.7 Å². The first-order valence-corrected chi connectivity index (χ1v) is 4.60. The lowest BCUT2D eigenvalue weighted by molar-refractivity contribution is 0.0640. The summed E-state index contributed by atoms with van der Waals surface area (Å²) in [6.45, 7) is 3.01. The van der Waals surface area contributed by atoms with Crippen molar-refractivity contribution in [3.63, 3.8) is 0 Å². The zero-order valence-electron chi connectivity index (χ0n) is 6.90. The van der Waals surface area contributed by atoms with Crippen molar-refractivity contribution in [2.45, 2.75) is 19.4 Å². The normalized spacial score (nSPS) is 14.0. The molecule has 68 valence electrons. The Kier molecular flexibility index (Phi) is 3.01. The fourth-order valence-electron chi connectivity index (χ4n) is 0.635. The maximum Gasteiger partial charge on any atom is 0.276 e. The molecule has 0 fully saturated rings. The van der Waals surface area contributed by atoms with Crippen LogP contribution in [0.1, 0.15) is 13.8 Å². The Morgan fingerprint density at radius 1 is 1.55 bits per heavy atom. The lowest BCUT2D eigenvalue weighted by atomic mass is 10.1. The third-order valence-corrected chi connectivity index (χ3v) is 2.04. The quantitative estimate of drug-likeness (QED) is 0.580. The minimum atomic E-state index is -3.66. The van der Waals surface area contributed by atoms with Gasteiger partial charge in [0.05, 0.1) is 5.60 Å². The van der Waals surface area contributed by atoms with Crippen LogP contribution in [-0.4, -0.2) is 37.0 Å². The van der Waals surface area contributed by atoms with Crippen molar-refractivity contribution in [2.75, 3.05) is 13.6 Å². The highest BCUT2D eigenvalue weighted by atomic mass is 32.2. The van der Waals surface area contributed by atoms with Crippen LogP contribution in [0.25, 0.3) is 0 Å². The maximum atomic E-state index is 10.6. The van der Waals surface area contributed by atoms with Gasteiger partial charge in [0.2, 0.25) is 0 Å². The first-order valence-electron chi connectivity index (χ1n) is 3.09. The SMILES string of the molecule is CN(CC(C)(C)O)S(N)(=O)=O. The van der Waals surface area contributed by atoms with E-state index in [4.69, 9.17) is 5.14 Å². The molecule has 11 heavy (non-hydrogen) atoms. The number of aliphatic hydroxyl groups is 1. The predicted octanol–water partition coefficient (Wildman–Crippen LogP) is -1.11. The maximum absolute atomic E-state index is 10.6. The number of hydrogen-bond donors (Lipinski definition) is 2. The van der Waals surface area contributed by atoms with Crippen molar-refractivity contribution in [1.82, 2.24) is 4.31 Å². The molecule has 0 aromatic carbocycles. The molecule has 0 rings (SSSR count). The van der Waals surface area contributed by atoms with Gasteiger partial charge in [0, 0.05) is 13.6 Å².